The van der Waals surface area contributed by atoms with Crippen molar-refractivity contribution in [2.24, 2.45) is 0 Å². The molecule has 0 aliphatic heterocycles. The fourth-order valence-electron chi connectivity index (χ4n) is 1.68. The minimum absolute atomic E-state index is 0.650. The highest BCUT2D eigenvalue weighted by molar-refractivity contribution is 5.42. The minimum Gasteiger partial charge on any atom is -0.369 e. The summed E-state index contributed by atoms with van der Waals surface area (Å²) in [5.41, 5.74) is 1.76. The second-order valence-corrected chi connectivity index (χ2v) is 4.38. The summed E-state index contributed by atoms with van der Waals surface area (Å²) in [6.07, 6.45) is 4.45. The van der Waals surface area contributed by atoms with Gasteiger partial charge in [-0.05, 0) is 24.1 Å². The number of hydrogen-bond acceptors (Lipinski definition) is 5. The van der Waals surface area contributed by atoms with E-state index in [4.69, 9.17) is 5.26 Å². The summed E-state index contributed by atoms with van der Waals surface area (Å²) in [5, 5.41) is 15.2. The summed E-state index contributed by atoms with van der Waals surface area (Å²) in [6, 6.07) is 9.58. The molecule has 2 rings (SSSR count). The molecule has 0 spiro atoms. The van der Waals surface area contributed by atoms with E-state index in [2.05, 4.69) is 33.6 Å². The Kier molecular flexibility index (Phi) is 4.90. The molecule has 0 saturated carbocycles. The van der Waals surface area contributed by atoms with Gasteiger partial charge in [0.05, 0.1) is 24.0 Å². The first kappa shape index (κ1) is 13.8. The third-order valence-corrected chi connectivity index (χ3v) is 2.75. The van der Waals surface area contributed by atoms with Crippen molar-refractivity contribution in [2.75, 3.05) is 17.2 Å². The smallest absolute Gasteiger partial charge is 0.147 e. The van der Waals surface area contributed by atoms with E-state index in [1.165, 1.54) is 0 Å². The highest BCUT2D eigenvalue weighted by atomic mass is 15.1. The number of nitriles is 1. The molecule has 102 valence electrons. The lowest BCUT2D eigenvalue weighted by molar-refractivity contribution is 0.962. The van der Waals surface area contributed by atoms with Gasteiger partial charge in [0.2, 0.25) is 0 Å². The molecule has 0 saturated heterocycles. The van der Waals surface area contributed by atoms with Gasteiger partial charge in [0.25, 0.3) is 0 Å². The molecule has 5 nitrogen and oxygen atoms in total. The molecule has 0 atom stereocenters. The monoisotopic (exact) mass is 267 g/mol. The SMILES string of the molecule is CCCNc1cncc(NCc2ccc(C#N)cc2)n1. The van der Waals surface area contributed by atoms with Crippen LogP contribution in [0.5, 0.6) is 0 Å². The summed E-state index contributed by atoms with van der Waals surface area (Å²) in [6.45, 7) is 3.64. The molecule has 0 fully saturated rings. The number of benzene rings is 1. The van der Waals surface area contributed by atoms with Crippen LogP contribution in [-0.4, -0.2) is 16.5 Å². The molecule has 0 bridgehead atoms. The third-order valence-electron chi connectivity index (χ3n) is 2.75. The molecule has 1 aromatic heterocycles. The molecule has 0 aliphatic carbocycles. The standard InChI is InChI=1S/C15H17N5/c1-2-7-18-14-10-17-11-15(20-14)19-9-13-5-3-12(8-16)4-6-13/h3-6,10-11H,2,7,9H2,1H3,(H2,18,19,20). The van der Waals surface area contributed by atoms with Gasteiger partial charge >= 0.3 is 0 Å². The fraction of sp³-hybridized carbons (Fsp3) is 0.267. The average molecular weight is 267 g/mol. The van der Waals surface area contributed by atoms with Crippen LogP contribution in [0.3, 0.4) is 0 Å². The largest absolute Gasteiger partial charge is 0.369 e. The third kappa shape index (κ3) is 3.95. The molecular formula is C15H17N5. The van der Waals surface area contributed by atoms with Gasteiger partial charge in [-0.3, -0.25) is 4.98 Å². The Balaban J connectivity index is 1.94. The van der Waals surface area contributed by atoms with Gasteiger partial charge in [-0.15, -0.1) is 0 Å². The van der Waals surface area contributed by atoms with Crippen LogP contribution in [0.2, 0.25) is 0 Å². The van der Waals surface area contributed by atoms with E-state index in [9.17, 15) is 0 Å². The molecule has 0 unspecified atom stereocenters. The van der Waals surface area contributed by atoms with E-state index in [-0.39, 0.29) is 0 Å². The molecule has 2 aromatic rings. The maximum Gasteiger partial charge on any atom is 0.147 e. The van der Waals surface area contributed by atoms with E-state index < -0.39 is 0 Å². The van der Waals surface area contributed by atoms with Crippen molar-refractivity contribution < 1.29 is 0 Å². The van der Waals surface area contributed by atoms with Crippen LogP contribution in [0.25, 0.3) is 0 Å². The summed E-state index contributed by atoms with van der Waals surface area (Å²) in [4.78, 5) is 8.57. The molecule has 0 amide bonds. The maximum atomic E-state index is 8.75. The Morgan fingerprint density at radius 1 is 1.10 bits per heavy atom. The van der Waals surface area contributed by atoms with Crippen LogP contribution in [-0.2, 0) is 6.54 Å². The average Bonchev–Trinajstić information content (AvgIpc) is 2.52. The van der Waals surface area contributed by atoms with Crippen molar-refractivity contribution in [1.82, 2.24) is 9.97 Å². The van der Waals surface area contributed by atoms with Gasteiger partial charge in [0, 0.05) is 13.1 Å². The number of rotatable bonds is 6. The Hall–Kier alpha value is -2.61. The van der Waals surface area contributed by atoms with Crippen LogP contribution in [0.15, 0.2) is 36.7 Å². The normalized spacial score (nSPS) is 9.80. The Morgan fingerprint density at radius 2 is 1.80 bits per heavy atom. The van der Waals surface area contributed by atoms with E-state index in [0.29, 0.717) is 12.1 Å². The first-order chi connectivity index (χ1) is 9.81. The van der Waals surface area contributed by atoms with E-state index in [0.717, 1.165) is 30.2 Å². The second-order valence-electron chi connectivity index (χ2n) is 4.38. The van der Waals surface area contributed by atoms with Gasteiger partial charge < -0.3 is 10.6 Å². The Bertz CT molecular complexity index is 586. The zero-order valence-electron chi connectivity index (χ0n) is 11.4. The molecule has 5 heteroatoms. The van der Waals surface area contributed by atoms with Crippen molar-refractivity contribution in [2.45, 2.75) is 19.9 Å². The lowest BCUT2D eigenvalue weighted by Crippen LogP contribution is -2.06. The molecule has 0 radical (unpaired) electrons. The van der Waals surface area contributed by atoms with Crippen molar-refractivity contribution in [1.29, 1.82) is 5.26 Å². The van der Waals surface area contributed by atoms with E-state index >= 15 is 0 Å². The first-order valence-electron chi connectivity index (χ1n) is 6.60. The van der Waals surface area contributed by atoms with Gasteiger partial charge in [-0.1, -0.05) is 19.1 Å². The lowest BCUT2D eigenvalue weighted by Gasteiger charge is -2.08. The zero-order valence-corrected chi connectivity index (χ0v) is 11.4. The van der Waals surface area contributed by atoms with E-state index in [1.807, 2.05) is 24.3 Å². The Labute approximate surface area is 118 Å². The highest BCUT2D eigenvalue weighted by Crippen LogP contribution is 2.09. The summed E-state index contributed by atoms with van der Waals surface area (Å²) < 4.78 is 0. The molecule has 1 aromatic carbocycles. The van der Waals surface area contributed by atoms with Crippen molar-refractivity contribution in [3.05, 3.63) is 47.8 Å². The van der Waals surface area contributed by atoms with Crippen LogP contribution >= 0.6 is 0 Å². The topological polar surface area (TPSA) is 73.6 Å². The molecular weight excluding hydrogens is 250 g/mol. The maximum absolute atomic E-state index is 8.75. The number of nitrogens with zero attached hydrogens (tertiary/aromatic N) is 3. The van der Waals surface area contributed by atoms with Crippen molar-refractivity contribution >= 4 is 11.6 Å². The second kappa shape index (κ2) is 7.10. The summed E-state index contributed by atoms with van der Waals surface area (Å²) in [5.74, 6) is 1.51. The van der Waals surface area contributed by atoms with Gasteiger partial charge in [-0.2, -0.15) is 5.26 Å². The van der Waals surface area contributed by atoms with Crippen molar-refractivity contribution in [3.8, 4) is 6.07 Å². The quantitative estimate of drug-likeness (QED) is 0.842. The van der Waals surface area contributed by atoms with Crippen LogP contribution in [0.4, 0.5) is 11.6 Å². The van der Waals surface area contributed by atoms with Crippen LogP contribution < -0.4 is 10.6 Å². The van der Waals surface area contributed by atoms with Gasteiger partial charge in [0.15, 0.2) is 0 Å². The Morgan fingerprint density at radius 3 is 2.45 bits per heavy atom. The molecule has 1 heterocycles. The molecule has 20 heavy (non-hydrogen) atoms. The number of nitrogens with one attached hydrogen (secondary N) is 2. The molecule has 2 N–H and O–H groups in total. The van der Waals surface area contributed by atoms with Crippen molar-refractivity contribution in [3.63, 3.8) is 0 Å². The summed E-state index contributed by atoms with van der Waals surface area (Å²) >= 11 is 0. The van der Waals surface area contributed by atoms with Gasteiger partial charge in [0.1, 0.15) is 11.6 Å². The highest BCUT2D eigenvalue weighted by Gasteiger charge is 1.99. The predicted molar refractivity (Wildman–Crippen MR) is 79.3 cm³/mol. The first-order valence-corrected chi connectivity index (χ1v) is 6.60. The van der Waals surface area contributed by atoms with Crippen LogP contribution in [0, 0.1) is 11.3 Å². The lowest BCUT2D eigenvalue weighted by atomic mass is 10.1. The minimum atomic E-state index is 0.650. The van der Waals surface area contributed by atoms with Crippen LogP contribution in [0.1, 0.15) is 24.5 Å². The number of anilines is 2. The van der Waals surface area contributed by atoms with E-state index in [1.54, 1.807) is 12.4 Å². The number of aromatic nitrogens is 2. The molecule has 0 aliphatic rings. The fourth-order valence-corrected chi connectivity index (χ4v) is 1.68. The number of hydrogen-bond donors (Lipinski definition) is 2. The predicted octanol–water partition coefficient (Wildman–Crippen LogP) is 2.78. The van der Waals surface area contributed by atoms with Gasteiger partial charge in [-0.25, -0.2) is 4.98 Å². The zero-order chi connectivity index (χ0) is 14.2. The summed E-state index contributed by atoms with van der Waals surface area (Å²) in [7, 11) is 0.